The Morgan fingerprint density at radius 3 is 2.62 bits per heavy atom. The molecule has 0 saturated carbocycles. The molecule has 1 N–H and O–H groups in total. The van der Waals surface area contributed by atoms with Crippen molar-refractivity contribution in [2.45, 2.75) is 31.2 Å². The van der Waals surface area contributed by atoms with Gasteiger partial charge in [-0.1, -0.05) is 36.8 Å². The predicted molar refractivity (Wildman–Crippen MR) is 66.4 cm³/mol. The fourth-order valence-corrected chi connectivity index (χ4v) is 2.69. The van der Waals surface area contributed by atoms with Crippen LogP contribution < -0.4 is 0 Å². The van der Waals surface area contributed by atoms with E-state index in [1.807, 2.05) is 6.07 Å². The molecule has 2 rings (SSSR count). The Kier molecular flexibility index (Phi) is 3.62. The average molecular weight is 219 g/mol. The summed E-state index contributed by atoms with van der Waals surface area (Å²) >= 11 is 0. The second-order valence-electron chi connectivity index (χ2n) is 4.92. The van der Waals surface area contributed by atoms with E-state index in [-0.39, 0.29) is 12.1 Å². The summed E-state index contributed by atoms with van der Waals surface area (Å²) in [5.74, 6) is 0. The fraction of sp³-hybridized carbons (Fsp3) is 0.571. The van der Waals surface area contributed by atoms with Gasteiger partial charge in [0.25, 0.3) is 0 Å². The van der Waals surface area contributed by atoms with Gasteiger partial charge >= 0.3 is 0 Å². The highest BCUT2D eigenvalue weighted by atomic mass is 16.3. The molecule has 1 aliphatic rings. The molecule has 1 aromatic carbocycles. The molecular weight excluding hydrogens is 198 g/mol. The predicted octanol–water partition coefficient (Wildman–Crippen LogP) is 2.08. The molecule has 0 radical (unpaired) electrons. The zero-order valence-electron chi connectivity index (χ0n) is 10.0. The van der Waals surface area contributed by atoms with Crippen molar-refractivity contribution >= 4 is 0 Å². The first-order valence-electron chi connectivity index (χ1n) is 6.13. The highest BCUT2D eigenvalue weighted by molar-refractivity contribution is 5.18. The van der Waals surface area contributed by atoms with E-state index in [1.54, 1.807) is 0 Å². The Balaban J connectivity index is 2.15. The molecular formula is C14H21NO. The standard InChI is InChI=1S/C14H21NO/c1-15-10-6-5-9-14(15,12-16)11-13-7-3-2-4-8-13/h2-4,7-8,16H,5-6,9-12H2,1H3. The second-order valence-corrected chi connectivity index (χ2v) is 4.92. The van der Waals surface area contributed by atoms with Gasteiger partial charge in [-0.25, -0.2) is 0 Å². The van der Waals surface area contributed by atoms with Gasteiger partial charge in [-0.15, -0.1) is 0 Å². The monoisotopic (exact) mass is 219 g/mol. The number of rotatable bonds is 3. The minimum absolute atomic E-state index is 0.0282. The summed E-state index contributed by atoms with van der Waals surface area (Å²) < 4.78 is 0. The molecule has 0 bridgehead atoms. The summed E-state index contributed by atoms with van der Waals surface area (Å²) in [6.45, 7) is 1.37. The lowest BCUT2D eigenvalue weighted by atomic mass is 9.82. The van der Waals surface area contributed by atoms with Crippen LogP contribution in [-0.2, 0) is 6.42 Å². The van der Waals surface area contributed by atoms with Crippen molar-refractivity contribution in [3.05, 3.63) is 35.9 Å². The van der Waals surface area contributed by atoms with Crippen LogP contribution in [0.5, 0.6) is 0 Å². The smallest absolute Gasteiger partial charge is 0.0618 e. The molecule has 0 amide bonds. The molecule has 16 heavy (non-hydrogen) atoms. The lowest BCUT2D eigenvalue weighted by molar-refractivity contribution is 0.0180. The molecule has 1 unspecified atom stereocenters. The molecule has 0 aromatic heterocycles. The van der Waals surface area contributed by atoms with Crippen molar-refractivity contribution in [3.63, 3.8) is 0 Å². The zero-order valence-corrected chi connectivity index (χ0v) is 10.0. The van der Waals surface area contributed by atoms with Crippen molar-refractivity contribution in [3.8, 4) is 0 Å². The lowest BCUT2D eigenvalue weighted by Crippen LogP contribution is -2.53. The second kappa shape index (κ2) is 4.98. The van der Waals surface area contributed by atoms with E-state index in [2.05, 4.69) is 36.2 Å². The van der Waals surface area contributed by atoms with Crippen molar-refractivity contribution in [1.82, 2.24) is 4.90 Å². The van der Waals surface area contributed by atoms with Crippen LogP contribution in [0, 0.1) is 0 Å². The molecule has 1 aromatic rings. The molecule has 2 heteroatoms. The third-order valence-corrected chi connectivity index (χ3v) is 3.87. The summed E-state index contributed by atoms with van der Waals surface area (Å²) in [5, 5.41) is 9.73. The van der Waals surface area contributed by atoms with Gasteiger partial charge < -0.3 is 5.11 Å². The summed E-state index contributed by atoms with van der Waals surface area (Å²) in [7, 11) is 2.14. The largest absolute Gasteiger partial charge is 0.394 e. The molecule has 1 saturated heterocycles. The average Bonchev–Trinajstić information content (AvgIpc) is 2.34. The quantitative estimate of drug-likeness (QED) is 0.841. The summed E-state index contributed by atoms with van der Waals surface area (Å²) in [6, 6.07) is 10.5. The molecule has 1 fully saturated rings. The summed E-state index contributed by atoms with van der Waals surface area (Å²) in [5.41, 5.74) is 1.30. The van der Waals surface area contributed by atoms with Crippen molar-refractivity contribution in [2.24, 2.45) is 0 Å². The first-order chi connectivity index (χ1) is 7.77. The molecule has 88 valence electrons. The van der Waals surface area contributed by atoms with Gasteiger partial charge in [0.1, 0.15) is 0 Å². The number of hydrogen-bond donors (Lipinski definition) is 1. The number of likely N-dealkylation sites (N-methyl/N-ethyl adjacent to an activating group) is 1. The Morgan fingerprint density at radius 2 is 2.00 bits per heavy atom. The number of aliphatic hydroxyl groups excluding tert-OH is 1. The highest BCUT2D eigenvalue weighted by Gasteiger charge is 2.35. The molecule has 2 nitrogen and oxygen atoms in total. The Morgan fingerprint density at radius 1 is 1.25 bits per heavy atom. The minimum atomic E-state index is -0.0282. The van der Waals surface area contributed by atoms with Crippen LogP contribution in [0.1, 0.15) is 24.8 Å². The third kappa shape index (κ3) is 2.28. The van der Waals surface area contributed by atoms with Crippen LogP contribution in [0.2, 0.25) is 0 Å². The maximum Gasteiger partial charge on any atom is 0.0618 e. The Bertz CT molecular complexity index is 325. The number of nitrogens with zero attached hydrogens (tertiary/aromatic N) is 1. The van der Waals surface area contributed by atoms with Gasteiger partial charge in [0.15, 0.2) is 0 Å². The first-order valence-corrected chi connectivity index (χ1v) is 6.13. The van der Waals surface area contributed by atoms with E-state index in [4.69, 9.17) is 0 Å². The van der Waals surface area contributed by atoms with Crippen LogP contribution in [0.4, 0.5) is 0 Å². The van der Waals surface area contributed by atoms with E-state index in [1.165, 1.54) is 18.4 Å². The van der Waals surface area contributed by atoms with Gasteiger partial charge in [-0.2, -0.15) is 0 Å². The molecule has 1 aliphatic heterocycles. The zero-order chi connectivity index (χ0) is 11.4. The number of aliphatic hydroxyl groups is 1. The third-order valence-electron chi connectivity index (χ3n) is 3.87. The molecule has 1 heterocycles. The van der Waals surface area contributed by atoms with Crippen LogP contribution in [0.3, 0.4) is 0 Å². The minimum Gasteiger partial charge on any atom is -0.394 e. The van der Waals surface area contributed by atoms with E-state index >= 15 is 0 Å². The number of likely N-dealkylation sites (tertiary alicyclic amines) is 1. The maximum atomic E-state index is 9.73. The lowest BCUT2D eigenvalue weighted by Gasteiger charge is -2.44. The maximum absolute atomic E-state index is 9.73. The van der Waals surface area contributed by atoms with Gasteiger partial charge in [-0.3, -0.25) is 4.90 Å². The van der Waals surface area contributed by atoms with Crippen molar-refractivity contribution in [2.75, 3.05) is 20.2 Å². The Hall–Kier alpha value is -0.860. The SMILES string of the molecule is CN1CCCCC1(CO)Cc1ccccc1. The summed E-state index contributed by atoms with van der Waals surface area (Å²) in [4.78, 5) is 2.34. The van der Waals surface area contributed by atoms with E-state index in [9.17, 15) is 5.11 Å². The van der Waals surface area contributed by atoms with Gasteiger partial charge in [0.2, 0.25) is 0 Å². The molecule has 0 aliphatic carbocycles. The van der Waals surface area contributed by atoms with Gasteiger partial charge in [-0.05, 0) is 38.4 Å². The normalized spacial score (nSPS) is 26.9. The van der Waals surface area contributed by atoms with Crippen molar-refractivity contribution < 1.29 is 5.11 Å². The Labute approximate surface area is 97.9 Å². The van der Waals surface area contributed by atoms with Crippen LogP contribution in [0.25, 0.3) is 0 Å². The van der Waals surface area contributed by atoms with Crippen LogP contribution in [-0.4, -0.2) is 35.7 Å². The highest BCUT2D eigenvalue weighted by Crippen LogP contribution is 2.29. The van der Waals surface area contributed by atoms with Gasteiger partial charge in [0.05, 0.1) is 6.61 Å². The molecule has 0 spiro atoms. The molecule has 1 atom stereocenters. The van der Waals surface area contributed by atoms with E-state index in [0.29, 0.717) is 0 Å². The summed E-state index contributed by atoms with van der Waals surface area (Å²) in [6.07, 6.45) is 4.56. The van der Waals surface area contributed by atoms with Crippen LogP contribution in [0.15, 0.2) is 30.3 Å². The number of piperidine rings is 1. The van der Waals surface area contributed by atoms with E-state index in [0.717, 1.165) is 19.4 Å². The van der Waals surface area contributed by atoms with Crippen LogP contribution >= 0.6 is 0 Å². The van der Waals surface area contributed by atoms with Gasteiger partial charge in [0, 0.05) is 5.54 Å². The number of benzene rings is 1. The first kappa shape index (κ1) is 11.6. The fourth-order valence-electron chi connectivity index (χ4n) is 2.69. The van der Waals surface area contributed by atoms with Crippen molar-refractivity contribution in [1.29, 1.82) is 0 Å². The number of hydrogen-bond acceptors (Lipinski definition) is 2. The van der Waals surface area contributed by atoms with E-state index < -0.39 is 0 Å². The topological polar surface area (TPSA) is 23.5 Å².